The third-order valence-electron chi connectivity index (χ3n) is 3.72. The van der Waals surface area contributed by atoms with Crippen molar-refractivity contribution in [1.29, 1.82) is 0 Å². The summed E-state index contributed by atoms with van der Waals surface area (Å²) in [4.78, 5) is 4.04. The van der Waals surface area contributed by atoms with Gasteiger partial charge in [-0.25, -0.2) is 0 Å². The number of nitrogens with two attached hydrogens (primary N) is 1. The van der Waals surface area contributed by atoms with Crippen molar-refractivity contribution in [2.24, 2.45) is 5.92 Å². The van der Waals surface area contributed by atoms with Crippen LogP contribution in [-0.2, 0) is 4.74 Å². The van der Waals surface area contributed by atoms with Gasteiger partial charge in [0.15, 0.2) is 0 Å². The van der Waals surface area contributed by atoms with Gasteiger partial charge >= 0.3 is 0 Å². The molecule has 3 N–H and O–H groups in total. The summed E-state index contributed by atoms with van der Waals surface area (Å²) in [5, 5.41) is 4.57. The van der Waals surface area contributed by atoms with Gasteiger partial charge < -0.3 is 15.8 Å². The summed E-state index contributed by atoms with van der Waals surface area (Å²) in [7, 11) is 0. The first-order valence-electron chi connectivity index (χ1n) is 6.75. The van der Waals surface area contributed by atoms with Crippen LogP contribution >= 0.6 is 11.5 Å². The summed E-state index contributed by atoms with van der Waals surface area (Å²) in [5.74, 6) is 1.11. The third-order valence-corrected chi connectivity index (χ3v) is 4.51. The standard InChI is InChI=1S/C14H18N4OS/c1-9(11-4-7-19-8-11)17-14-12(13(15)18-20-14)10-2-5-16-6-3-10/h2-3,5-6,9,11,17H,4,7-8H2,1H3,(H2,15,18). The van der Waals surface area contributed by atoms with Gasteiger partial charge in [0.25, 0.3) is 0 Å². The van der Waals surface area contributed by atoms with Crippen LogP contribution in [0.1, 0.15) is 13.3 Å². The molecule has 2 aromatic heterocycles. The van der Waals surface area contributed by atoms with Crippen LogP contribution in [0.3, 0.4) is 0 Å². The molecule has 0 bridgehead atoms. The van der Waals surface area contributed by atoms with Crippen molar-refractivity contribution in [2.45, 2.75) is 19.4 Å². The van der Waals surface area contributed by atoms with Crippen LogP contribution in [0.2, 0.25) is 0 Å². The van der Waals surface area contributed by atoms with Crippen molar-refractivity contribution in [3.63, 3.8) is 0 Å². The summed E-state index contributed by atoms with van der Waals surface area (Å²) in [6.45, 7) is 3.87. The number of pyridine rings is 1. The van der Waals surface area contributed by atoms with E-state index in [-0.39, 0.29) is 0 Å². The predicted octanol–water partition coefficient (Wildman–Crippen LogP) is 2.62. The molecule has 106 valence electrons. The summed E-state index contributed by atoms with van der Waals surface area (Å²) >= 11 is 1.41. The molecule has 0 saturated carbocycles. The SMILES string of the molecule is CC(Nc1snc(N)c1-c1ccncc1)C1CCOC1. The Hall–Kier alpha value is -1.66. The average Bonchev–Trinajstić information content (AvgIpc) is 3.10. The summed E-state index contributed by atoms with van der Waals surface area (Å²) < 4.78 is 9.73. The quantitative estimate of drug-likeness (QED) is 0.905. The van der Waals surface area contributed by atoms with E-state index in [1.54, 1.807) is 12.4 Å². The highest BCUT2D eigenvalue weighted by molar-refractivity contribution is 7.11. The minimum absolute atomic E-state index is 0.345. The molecular formula is C14H18N4OS. The van der Waals surface area contributed by atoms with Crippen LogP contribution in [0.5, 0.6) is 0 Å². The molecule has 1 saturated heterocycles. The van der Waals surface area contributed by atoms with E-state index in [0.29, 0.717) is 17.8 Å². The van der Waals surface area contributed by atoms with Crippen molar-refractivity contribution in [3.8, 4) is 11.1 Å². The van der Waals surface area contributed by atoms with Gasteiger partial charge in [0.05, 0.1) is 12.2 Å². The highest BCUT2D eigenvalue weighted by atomic mass is 32.1. The molecule has 5 nitrogen and oxygen atoms in total. The monoisotopic (exact) mass is 290 g/mol. The number of hydrogen-bond donors (Lipinski definition) is 2. The molecule has 0 spiro atoms. The lowest BCUT2D eigenvalue weighted by atomic mass is 10.0. The van der Waals surface area contributed by atoms with Gasteiger partial charge in [0.2, 0.25) is 0 Å². The van der Waals surface area contributed by atoms with Gasteiger partial charge in [0, 0.05) is 31.0 Å². The predicted molar refractivity (Wildman–Crippen MR) is 81.8 cm³/mol. The molecule has 1 fully saturated rings. The fourth-order valence-electron chi connectivity index (χ4n) is 2.47. The minimum Gasteiger partial charge on any atom is -0.382 e. The van der Waals surface area contributed by atoms with Crippen LogP contribution in [0.15, 0.2) is 24.5 Å². The number of nitrogens with zero attached hydrogens (tertiary/aromatic N) is 2. The normalized spacial score (nSPS) is 19.9. The zero-order valence-corrected chi connectivity index (χ0v) is 12.2. The Morgan fingerprint density at radius 2 is 2.25 bits per heavy atom. The van der Waals surface area contributed by atoms with E-state index in [1.807, 2.05) is 12.1 Å². The molecule has 20 heavy (non-hydrogen) atoms. The van der Waals surface area contributed by atoms with Crippen molar-refractivity contribution in [2.75, 3.05) is 24.3 Å². The Morgan fingerprint density at radius 1 is 1.45 bits per heavy atom. The van der Waals surface area contributed by atoms with Gasteiger partial charge in [-0.05, 0) is 42.6 Å². The maximum absolute atomic E-state index is 6.02. The number of nitrogen functional groups attached to an aromatic ring is 1. The Balaban J connectivity index is 1.84. The second-order valence-electron chi connectivity index (χ2n) is 5.06. The number of anilines is 2. The Bertz CT molecular complexity index is 566. The zero-order chi connectivity index (χ0) is 13.9. The van der Waals surface area contributed by atoms with Gasteiger partial charge in [-0.1, -0.05) is 0 Å². The maximum atomic E-state index is 6.02. The smallest absolute Gasteiger partial charge is 0.147 e. The molecule has 2 aromatic rings. The molecule has 0 amide bonds. The van der Waals surface area contributed by atoms with E-state index in [1.165, 1.54) is 11.5 Å². The molecule has 2 unspecified atom stereocenters. The summed E-state index contributed by atoms with van der Waals surface area (Å²) in [6, 6.07) is 4.25. The maximum Gasteiger partial charge on any atom is 0.147 e. The molecule has 2 atom stereocenters. The van der Waals surface area contributed by atoms with Crippen LogP contribution in [0.4, 0.5) is 10.8 Å². The van der Waals surface area contributed by atoms with Crippen molar-refractivity contribution < 1.29 is 4.74 Å². The van der Waals surface area contributed by atoms with Crippen molar-refractivity contribution >= 4 is 22.4 Å². The first-order chi connectivity index (χ1) is 9.75. The first-order valence-corrected chi connectivity index (χ1v) is 7.53. The lowest BCUT2D eigenvalue weighted by Gasteiger charge is -2.20. The molecule has 0 aromatic carbocycles. The molecule has 1 aliphatic rings. The number of aromatic nitrogens is 2. The van der Waals surface area contributed by atoms with E-state index >= 15 is 0 Å². The van der Waals surface area contributed by atoms with Gasteiger partial charge in [-0.2, -0.15) is 4.37 Å². The van der Waals surface area contributed by atoms with Gasteiger partial charge in [-0.3, -0.25) is 4.98 Å². The number of ether oxygens (including phenoxy) is 1. The van der Waals surface area contributed by atoms with E-state index < -0.39 is 0 Å². The fourth-order valence-corrected chi connectivity index (χ4v) is 3.30. The third kappa shape index (κ3) is 2.62. The second kappa shape index (κ2) is 5.76. The highest BCUT2D eigenvalue weighted by Gasteiger charge is 2.24. The number of hydrogen-bond acceptors (Lipinski definition) is 6. The molecule has 0 radical (unpaired) electrons. The minimum atomic E-state index is 0.345. The summed E-state index contributed by atoms with van der Waals surface area (Å²) in [6.07, 6.45) is 4.64. The molecule has 3 heterocycles. The van der Waals surface area contributed by atoms with Gasteiger partial charge in [-0.15, -0.1) is 0 Å². The van der Waals surface area contributed by atoms with E-state index in [0.717, 1.165) is 35.8 Å². The van der Waals surface area contributed by atoms with Crippen molar-refractivity contribution in [1.82, 2.24) is 9.36 Å². The summed E-state index contributed by atoms with van der Waals surface area (Å²) in [5.41, 5.74) is 8.04. The van der Waals surface area contributed by atoms with Crippen molar-refractivity contribution in [3.05, 3.63) is 24.5 Å². The van der Waals surface area contributed by atoms with Crippen LogP contribution < -0.4 is 11.1 Å². The van der Waals surface area contributed by atoms with Crippen LogP contribution in [-0.4, -0.2) is 28.6 Å². The Labute approximate surface area is 122 Å². The average molecular weight is 290 g/mol. The Kier molecular flexibility index (Phi) is 3.84. The van der Waals surface area contributed by atoms with Gasteiger partial charge in [0.1, 0.15) is 10.8 Å². The van der Waals surface area contributed by atoms with Crippen LogP contribution in [0.25, 0.3) is 11.1 Å². The Morgan fingerprint density at radius 3 is 2.95 bits per heavy atom. The van der Waals surface area contributed by atoms with E-state index in [4.69, 9.17) is 10.5 Å². The molecule has 6 heteroatoms. The highest BCUT2D eigenvalue weighted by Crippen LogP contribution is 2.37. The second-order valence-corrected chi connectivity index (χ2v) is 5.84. The largest absolute Gasteiger partial charge is 0.382 e. The lowest BCUT2D eigenvalue weighted by molar-refractivity contribution is 0.183. The number of nitrogens with one attached hydrogen (secondary N) is 1. The first kappa shape index (κ1) is 13.3. The van der Waals surface area contributed by atoms with E-state index in [9.17, 15) is 0 Å². The van der Waals surface area contributed by atoms with Crippen LogP contribution in [0, 0.1) is 5.92 Å². The zero-order valence-electron chi connectivity index (χ0n) is 11.4. The number of rotatable bonds is 4. The topological polar surface area (TPSA) is 73.1 Å². The molecule has 1 aliphatic heterocycles. The molecular weight excluding hydrogens is 272 g/mol. The molecule has 3 rings (SSSR count). The van der Waals surface area contributed by atoms with E-state index in [2.05, 4.69) is 21.6 Å². The fraction of sp³-hybridized carbons (Fsp3) is 0.429. The lowest BCUT2D eigenvalue weighted by Crippen LogP contribution is -2.25. The molecule has 0 aliphatic carbocycles.